The SMILES string of the molecule is CN[C@@H](C)C(=O)N[C@H](C(=O)C1CCC[C@H]1CN(CCCc1ccccc1)C(=O)C(F)(F)F)[C@@H](C)OCC#CC#CCO[C@H](C)[C@H](NC(=O)[C@H](C)NC)C(=O)N1CCC[C@H]1CN(CCc1ccccc1)C(=O)C(F)(F)F. The predicted molar refractivity (Wildman–Crippen MR) is 268 cm³/mol. The lowest BCUT2D eigenvalue weighted by molar-refractivity contribution is -0.186. The number of halogens is 6. The van der Waals surface area contributed by atoms with Crippen molar-refractivity contribution in [2.24, 2.45) is 11.8 Å². The van der Waals surface area contributed by atoms with Gasteiger partial charge in [0.2, 0.25) is 17.7 Å². The van der Waals surface area contributed by atoms with E-state index in [-0.39, 0.29) is 58.8 Å². The zero-order chi connectivity index (χ0) is 55.3. The van der Waals surface area contributed by atoms with E-state index in [9.17, 15) is 55.1 Å². The van der Waals surface area contributed by atoms with E-state index in [1.165, 1.54) is 11.8 Å². The van der Waals surface area contributed by atoms with E-state index < -0.39 is 102 Å². The van der Waals surface area contributed by atoms with Crippen molar-refractivity contribution in [2.75, 3.05) is 60.0 Å². The van der Waals surface area contributed by atoms with Crippen molar-refractivity contribution in [1.29, 1.82) is 0 Å². The Morgan fingerprint density at radius 2 is 1.15 bits per heavy atom. The van der Waals surface area contributed by atoms with Crippen molar-refractivity contribution >= 4 is 35.3 Å². The number of carbonyl (C=O) groups is 6. The van der Waals surface area contributed by atoms with Crippen molar-refractivity contribution in [3.8, 4) is 23.7 Å². The number of carbonyl (C=O) groups excluding carboxylic acids is 6. The third kappa shape index (κ3) is 19.3. The molecule has 1 saturated carbocycles. The molecule has 0 radical (unpaired) electrons. The number of rotatable bonds is 26. The van der Waals surface area contributed by atoms with Crippen LogP contribution in [-0.4, -0.2) is 165 Å². The van der Waals surface area contributed by atoms with E-state index in [0.29, 0.717) is 38.5 Å². The fourth-order valence-electron chi connectivity index (χ4n) is 9.15. The number of nitrogens with zero attached hydrogens (tertiary/aromatic N) is 3. The third-order valence-corrected chi connectivity index (χ3v) is 13.7. The minimum atomic E-state index is -5.14. The zero-order valence-electron chi connectivity index (χ0n) is 43.5. The summed E-state index contributed by atoms with van der Waals surface area (Å²) in [5.74, 6) is 3.19. The van der Waals surface area contributed by atoms with E-state index in [4.69, 9.17) is 9.47 Å². The fourth-order valence-corrected chi connectivity index (χ4v) is 9.15. The van der Waals surface area contributed by atoms with E-state index in [1.807, 2.05) is 30.3 Å². The smallest absolute Gasteiger partial charge is 0.363 e. The Labute approximate surface area is 435 Å². The van der Waals surface area contributed by atoms with Crippen molar-refractivity contribution in [1.82, 2.24) is 36.0 Å². The summed E-state index contributed by atoms with van der Waals surface area (Å²) in [6.45, 7) is 4.86. The third-order valence-electron chi connectivity index (χ3n) is 13.7. The van der Waals surface area contributed by atoms with E-state index >= 15 is 0 Å². The molecule has 412 valence electrons. The summed E-state index contributed by atoms with van der Waals surface area (Å²) < 4.78 is 94.6. The lowest BCUT2D eigenvalue weighted by Crippen LogP contribution is -2.59. The Morgan fingerprint density at radius 1 is 0.653 bits per heavy atom. The molecule has 4 rings (SSSR count). The van der Waals surface area contributed by atoms with E-state index in [0.717, 1.165) is 20.9 Å². The predicted octanol–water partition coefficient (Wildman–Crippen LogP) is 4.62. The van der Waals surface area contributed by atoms with Crippen LogP contribution in [0.1, 0.15) is 77.3 Å². The van der Waals surface area contributed by atoms with Crippen LogP contribution in [0.25, 0.3) is 0 Å². The highest BCUT2D eigenvalue weighted by atomic mass is 19.4. The summed E-state index contributed by atoms with van der Waals surface area (Å²) in [4.78, 5) is 82.9. The van der Waals surface area contributed by atoms with Gasteiger partial charge in [0, 0.05) is 44.7 Å². The molecule has 1 heterocycles. The number of amides is 5. The lowest BCUT2D eigenvalue weighted by Gasteiger charge is -2.35. The highest BCUT2D eigenvalue weighted by molar-refractivity contribution is 5.93. The van der Waals surface area contributed by atoms with Gasteiger partial charge in [0.15, 0.2) is 5.78 Å². The number of likely N-dealkylation sites (N-methyl/N-ethyl adjacent to an activating group) is 2. The summed E-state index contributed by atoms with van der Waals surface area (Å²) in [7, 11) is 3.11. The topological polar surface area (TPSA) is 179 Å². The van der Waals surface area contributed by atoms with Gasteiger partial charge < -0.3 is 45.4 Å². The number of aryl methyl sites for hydroxylation is 1. The molecule has 2 fully saturated rings. The maximum absolute atomic E-state index is 14.3. The molecule has 15 nitrogen and oxygen atoms in total. The number of Topliss-reactive ketones (excluding diaryl/α,β-unsaturated/α-hetero) is 1. The van der Waals surface area contributed by atoms with Gasteiger partial charge in [-0.15, -0.1) is 0 Å². The van der Waals surface area contributed by atoms with Crippen LogP contribution >= 0.6 is 0 Å². The Kier molecular flexibility index (Phi) is 24.6. The largest absolute Gasteiger partial charge is 0.471 e. The summed E-state index contributed by atoms with van der Waals surface area (Å²) >= 11 is 0. The molecule has 21 heteroatoms. The van der Waals surface area contributed by atoms with Gasteiger partial charge in [0.1, 0.15) is 25.3 Å². The number of hydrogen-bond acceptors (Lipinski definition) is 10. The van der Waals surface area contributed by atoms with Crippen molar-refractivity contribution in [3.05, 3.63) is 71.8 Å². The number of likely N-dealkylation sites (tertiary alicyclic amines) is 1. The maximum atomic E-state index is 14.3. The Morgan fingerprint density at radius 3 is 1.67 bits per heavy atom. The Bertz CT molecular complexity index is 2320. The molecule has 2 aromatic rings. The van der Waals surface area contributed by atoms with Gasteiger partial charge in [-0.1, -0.05) is 78.9 Å². The standard InChI is InChI=1S/C54H71F6N7O8/c1-36(61-5)48(69)63-45(47(68)44-27-17-25-42(44)34-65(51(72)53(55,56)57)29-18-24-40-20-11-9-12-21-40)38(3)74-32-15-7-8-16-33-75-39(4)46(64-49(70)37(2)62-6)50(71)67-30-19-26-43(67)35-66(52(73)54(58,59)60)31-28-41-22-13-10-14-23-41/h9-14,20-23,36-39,42-46,61-62H,17-19,24-35H2,1-6H3,(H,63,69)(H,64,70)/t36-,37-,38+,39+,42-,43-,44?,45-,46-/m0/s1. The maximum Gasteiger partial charge on any atom is 0.471 e. The zero-order valence-corrected chi connectivity index (χ0v) is 43.5. The number of nitrogens with one attached hydrogen (secondary N) is 4. The molecule has 75 heavy (non-hydrogen) atoms. The van der Waals surface area contributed by atoms with Gasteiger partial charge >= 0.3 is 24.2 Å². The highest BCUT2D eigenvalue weighted by Gasteiger charge is 2.47. The molecular formula is C54H71F6N7O8. The van der Waals surface area contributed by atoms with Gasteiger partial charge in [-0.25, -0.2) is 0 Å². The summed E-state index contributed by atoms with van der Waals surface area (Å²) in [6, 6.07) is 13.2. The van der Waals surface area contributed by atoms with Crippen LogP contribution in [0.2, 0.25) is 0 Å². The van der Waals surface area contributed by atoms with Gasteiger partial charge in [0.05, 0.1) is 24.3 Å². The van der Waals surface area contributed by atoms with Crippen molar-refractivity contribution in [3.63, 3.8) is 0 Å². The highest BCUT2D eigenvalue weighted by Crippen LogP contribution is 2.35. The van der Waals surface area contributed by atoms with Gasteiger partial charge in [-0.3, -0.25) is 28.8 Å². The second-order valence-corrected chi connectivity index (χ2v) is 19.0. The summed E-state index contributed by atoms with van der Waals surface area (Å²) in [5, 5.41) is 11.0. The average Bonchev–Trinajstić information content (AvgIpc) is 4.07. The molecule has 2 aromatic carbocycles. The minimum Gasteiger partial charge on any atom is -0.363 e. The number of benzene rings is 2. The Hall–Kier alpha value is -6.00. The van der Waals surface area contributed by atoms with Crippen molar-refractivity contribution in [2.45, 2.75) is 134 Å². The van der Waals surface area contributed by atoms with Crippen LogP contribution in [0.3, 0.4) is 0 Å². The normalized spacial score (nSPS) is 18.9. The first-order chi connectivity index (χ1) is 35.6. The molecule has 0 bridgehead atoms. The average molecular weight is 1060 g/mol. The fraction of sp³-hybridized carbons (Fsp3) is 0.593. The van der Waals surface area contributed by atoms with E-state index in [1.54, 1.807) is 65.2 Å². The van der Waals surface area contributed by atoms with Crippen LogP contribution in [0, 0.1) is 35.5 Å². The minimum absolute atomic E-state index is 0.161. The molecule has 0 aromatic heterocycles. The van der Waals surface area contributed by atoms with Crippen LogP contribution in [0.15, 0.2) is 60.7 Å². The Balaban J connectivity index is 1.41. The molecule has 1 aliphatic heterocycles. The lowest BCUT2D eigenvalue weighted by atomic mass is 9.86. The van der Waals surface area contributed by atoms with Gasteiger partial charge in [-0.2, -0.15) is 26.3 Å². The number of ketones is 1. The molecule has 1 unspecified atom stereocenters. The van der Waals surface area contributed by atoms with E-state index in [2.05, 4.69) is 44.9 Å². The molecule has 1 aliphatic carbocycles. The molecule has 5 amide bonds. The number of ether oxygens (including phenoxy) is 2. The van der Waals surface area contributed by atoms with Crippen LogP contribution in [0.4, 0.5) is 26.3 Å². The molecular weight excluding hydrogens is 989 g/mol. The molecule has 0 spiro atoms. The number of hydrogen-bond donors (Lipinski definition) is 4. The molecule has 9 atom stereocenters. The molecule has 1 saturated heterocycles. The first-order valence-corrected chi connectivity index (χ1v) is 25.4. The van der Waals surface area contributed by atoms with Crippen LogP contribution in [0.5, 0.6) is 0 Å². The van der Waals surface area contributed by atoms with Gasteiger partial charge in [0.25, 0.3) is 0 Å². The quantitative estimate of drug-likeness (QED) is 0.0768. The monoisotopic (exact) mass is 1060 g/mol. The van der Waals surface area contributed by atoms with Crippen LogP contribution in [-0.2, 0) is 51.1 Å². The molecule has 2 aliphatic rings. The molecule has 4 N–H and O–H groups in total. The summed E-state index contributed by atoms with van der Waals surface area (Å²) in [5.41, 5.74) is 1.65. The van der Waals surface area contributed by atoms with Crippen molar-refractivity contribution < 1.29 is 64.6 Å². The summed E-state index contributed by atoms with van der Waals surface area (Å²) in [6.07, 6.45) is -9.25. The van der Waals surface area contributed by atoms with Gasteiger partial charge in [-0.05, 0) is 116 Å². The first kappa shape index (κ1) is 61.5. The number of alkyl halides is 6. The second-order valence-electron chi connectivity index (χ2n) is 19.0. The second kappa shape index (κ2) is 29.9. The van der Waals surface area contributed by atoms with Crippen LogP contribution < -0.4 is 21.3 Å². The first-order valence-electron chi connectivity index (χ1n) is 25.4.